The fourth-order valence-electron chi connectivity index (χ4n) is 4.45. The zero-order valence-electron chi connectivity index (χ0n) is 14.4. The second kappa shape index (κ2) is 6.21. The molecule has 2 atom stereocenters. The molecule has 3 heterocycles. The number of rotatable bonds is 4. The van der Waals surface area contributed by atoms with Crippen molar-refractivity contribution >= 4 is 5.97 Å². The maximum Gasteiger partial charge on any atom is 0.328 e. The maximum atomic E-state index is 12.4. The van der Waals surface area contributed by atoms with Crippen LogP contribution in [0.2, 0.25) is 0 Å². The molecule has 0 spiro atoms. The highest BCUT2D eigenvalue weighted by molar-refractivity contribution is 5.81. The van der Waals surface area contributed by atoms with Gasteiger partial charge in [-0.15, -0.1) is 0 Å². The molecule has 5 nitrogen and oxygen atoms in total. The van der Waals surface area contributed by atoms with Gasteiger partial charge >= 0.3 is 5.97 Å². The van der Waals surface area contributed by atoms with E-state index in [4.69, 9.17) is 0 Å². The molecular formula is C18H27N3O2. The molecule has 2 aliphatic rings. The summed E-state index contributed by atoms with van der Waals surface area (Å²) in [7, 11) is 0. The van der Waals surface area contributed by atoms with Gasteiger partial charge in [-0.05, 0) is 45.7 Å². The summed E-state index contributed by atoms with van der Waals surface area (Å²) in [6.07, 6.45) is 2.97. The molecule has 3 rings (SSSR count). The molecule has 0 aromatic carbocycles. The molecule has 23 heavy (non-hydrogen) atoms. The van der Waals surface area contributed by atoms with Gasteiger partial charge in [0.2, 0.25) is 0 Å². The monoisotopic (exact) mass is 317 g/mol. The van der Waals surface area contributed by atoms with Crippen LogP contribution in [0.5, 0.6) is 0 Å². The van der Waals surface area contributed by atoms with Crippen molar-refractivity contribution in [1.29, 1.82) is 0 Å². The van der Waals surface area contributed by atoms with Crippen LogP contribution in [0.3, 0.4) is 0 Å². The number of aromatic nitrogens is 1. The molecule has 1 aromatic rings. The Morgan fingerprint density at radius 1 is 1.35 bits per heavy atom. The molecular weight excluding hydrogens is 290 g/mol. The second-order valence-electron chi connectivity index (χ2n) is 6.88. The predicted octanol–water partition coefficient (Wildman–Crippen LogP) is 2.17. The summed E-state index contributed by atoms with van der Waals surface area (Å²) in [6, 6.07) is 4.41. The van der Waals surface area contributed by atoms with Crippen LogP contribution in [0.4, 0.5) is 0 Å². The van der Waals surface area contributed by atoms with E-state index in [2.05, 4.69) is 14.8 Å². The number of hydrogen-bond acceptors (Lipinski definition) is 4. The number of carboxylic acid groups (broad SMARTS) is 1. The van der Waals surface area contributed by atoms with Gasteiger partial charge in [0, 0.05) is 42.6 Å². The van der Waals surface area contributed by atoms with Gasteiger partial charge in [-0.1, -0.05) is 13.0 Å². The van der Waals surface area contributed by atoms with Crippen LogP contribution >= 0.6 is 0 Å². The van der Waals surface area contributed by atoms with E-state index in [0.717, 1.165) is 43.1 Å². The Hall–Kier alpha value is -1.46. The van der Waals surface area contributed by atoms with Crippen LogP contribution in [-0.2, 0) is 10.3 Å². The van der Waals surface area contributed by atoms with Crippen LogP contribution in [-0.4, -0.2) is 58.1 Å². The average Bonchev–Trinajstić information content (AvgIpc) is 2.97. The molecule has 1 unspecified atom stereocenters. The first kappa shape index (κ1) is 16.4. The molecule has 2 aliphatic heterocycles. The summed E-state index contributed by atoms with van der Waals surface area (Å²) >= 11 is 0. The summed E-state index contributed by atoms with van der Waals surface area (Å²) in [4.78, 5) is 21.6. The van der Waals surface area contributed by atoms with Crippen LogP contribution in [0.15, 0.2) is 12.1 Å². The molecule has 126 valence electrons. The first-order valence-electron chi connectivity index (χ1n) is 8.66. The van der Waals surface area contributed by atoms with Crippen molar-refractivity contribution < 1.29 is 9.90 Å². The number of aryl methyl sites for hydroxylation is 2. The fraction of sp³-hybridized carbons (Fsp3) is 0.667. The molecule has 0 radical (unpaired) electrons. The highest BCUT2D eigenvalue weighted by atomic mass is 16.4. The molecule has 5 heteroatoms. The van der Waals surface area contributed by atoms with Crippen molar-refractivity contribution in [1.82, 2.24) is 14.8 Å². The normalized spacial score (nSPS) is 25.1. The minimum absolute atomic E-state index is 0.507. The van der Waals surface area contributed by atoms with Crippen molar-refractivity contribution in [2.45, 2.75) is 51.6 Å². The topological polar surface area (TPSA) is 56.7 Å². The van der Waals surface area contributed by atoms with Crippen LogP contribution < -0.4 is 0 Å². The van der Waals surface area contributed by atoms with E-state index < -0.39 is 11.5 Å². The van der Waals surface area contributed by atoms with Gasteiger partial charge in [-0.3, -0.25) is 14.8 Å². The zero-order chi connectivity index (χ0) is 16.6. The maximum absolute atomic E-state index is 12.4. The molecule has 0 saturated carbocycles. The first-order valence-corrected chi connectivity index (χ1v) is 8.66. The minimum Gasteiger partial charge on any atom is -0.480 e. The Morgan fingerprint density at radius 2 is 2.13 bits per heavy atom. The number of fused-ring (bicyclic) bond motifs is 1. The van der Waals surface area contributed by atoms with Crippen molar-refractivity contribution in [3.05, 3.63) is 29.1 Å². The number of carboxylic acids is 1. The summed E-state index contributed by atoms with van der Waals surface area (Å²) < 4.78 is 0. The van der Waals surface area contributed by atoms with Gasteiger partial charge in [0.25, 0.3) is 0 Å². The van der Waals surface area contributed by atoms with E-state index in [-0.39, 0.29) is 0 Å². The number of nitrogens with zero attached hydrogens (tertiary/aromatic N) is 3. The number of piperazine rings is 1. The van der Waals surface area contributed by atoms with Gasteiger partial charge < -0.3 is 5.11 Å². The molecule has 2 fully saturated rings. The Bertz CT molecular complexity index is 604. The molecule has 0 amide bonds. The molecule has 0 bridgehead atoms. The number of aliphatic carboxylic acids is 1. The molecule has 1 aromatic heterocycles. The Kier molecular flexibility index (Phi) is 4.43. The summed E-state index contributed by atoms with van der Waals surface area (Å²) in [5.74, 6) is -0.750. The van der Waals surface area contributed by atoms with E-state index in [1.54, 1.807) is 0 Å². The van der Waals surface area contributed by atoms with E-state index in [1.807, 2.05) is 32.9 Å². The van der Waals surface area contributed by atoms with Crippen molar-refractivity contribution in [3.8, 4) is 0 Å². The zero-order valence-corrected chi connectivity index (χ0v) is 14.4. The van der Waals surface area contributed by atoms with E-state index in [1.165, 1.54) is 12.8 Å². The lowest BCUT2D eigenvalue weighted by molar-refractivity contribution is -0.155. The van der Waals surface area contributed by atoms with Gasteiger partial charge in [0.1, 0.15) is 5.54 Å². The number of carbonyl (C=O) groups is 1. The largest absolute Gasteiger partial charge is 0.480 e. The molecule has 1 N–H and O–H groups in total. The third-order valence-electron chi connectivity index (χ3n) is 5.66. The Morgan fingerprint density at radius 3 is 2.78 bits per heavy atom. The standard InChI is InChI=1S/C18H27N3O2/c1-4-18(17(22)23,16-8-7-13(2)19-14(16)3)21-11-10-20-9-5-6-15(20)12-21/h7-8,15H,4-6,9-12H2,1-3H3,(H,22,23)/t15-,18?/m1/s1. The lowest BCUT2D eigenvalue weighted by Gasteiger charge is -2.47. The number of pyridine rings is 1. The van der Waals surface area contributed by atoms with E-state index in [9.17, 15) is 9.90 Å². The minimum atomic E-state index is -0.959. The summed E-state index contributed by atoms with van der Waals surface area (Å²) in [5, 5.41) is 10.2. The van der Waals surface area contributed by atoms with Gasteiger partial charge in [-0.25, -0.2) is 4.79 Å². The van der Waals surface area contributed by atoms with Crippen LogP contribution in [0, 0.1) is 13.8 Å². The smallest absolute Gasteiger partial charge is 0.328 e. The highest BCUT2D eigenvalue weighted by Crippen LogP contribution is 2.37. The Labute approximate surface area is 138 Å². The summed E-state index contributed by atoms with van der Waals surface area (Å²) in [5.41, 5.74) is 1.66. The molecule has 2 saturated heterocycles. The van der Waals surface area contributed by atoms with Crippen LogP contribution in [0.1, 0.15) is 43.1 Å². The Balaban J connectivity index is 2.01. The SMILES string of the molecule is CCC(C(=O)O)(c1ccc(C)nc1C)N1CCN2CCC[C@@H]2C1. The quantitative estimate of drug-likeness (QED) is 0.922. The lowest BCUT2D eigenvalue weighted by atomic mass is 9.83. The average molecular weight is 317 g/mol. The van der Waals surface area contributed by atoms with Crippen molar-refractivity contribution in [2.24, 2.45) is 0 Å². The lowest BCUT2D eigenvalue weighted by Crippen LogP contribution is -2.60. The molecule has 0 aliphatic carbocycles. The third kappa shape index (κ3) is 2.66. The van der Waals surface area contributed by atoms with Gasteiger partial charge in [0.05, 0.1) is 0 Å². The van der Waals surface area contributed by atoms with Crippen molar-refractivity contribution in [3.63, 3.8) is 0 Å². The van der Waals surface area contributed by atoms with Crippen molar-refractivity contribution in [2.75, 3.05) is 26.2 Å². The predicted molar refractivity (Wildman–Crippen MR) is 89.5 cm³/mol. The second-order valence-corrected chi connectivity index (χ2v) is 6.88. The third-order valence-corrected chi connectivity index (χ3v) is 5.66. The summed E-state index contributed by atoms with van der Waals surface area (Å²) in [6.45, 7) is 9.64. The van der Waals surface area contributed by atoms with Gasteiger partial charge in [-0.2, -0.15) is 0 Å². The fourth-order valence-corrected chi connectivity index (χ4v) is 4.45. The van der Waals surface area contributed by atoms with Gasteiger partial charge in [0.15, 0.2) is 0 Å². The van der Waals surface area contributed by atoms with Crippen LogP contribution in [0.25, 0.3) is 0 Å². The van der Waals surface area contributed by atoms with E-state index in [0.29, 0.717) is 12.5 Å². The highest BCUT2D eigenvalue weighted by Gasteiger charge is 2.48. The first-order chi connectivity index (χ1) is 11.0. The van der Waals surface area contributed by atoms with E-state index >= 15 is 0 Å². The number of hydrogen-bond donors (Lipinski definition) is 1.